The molecule has 5 nitrogen and oxygen atoms in total. The van der Waals surface area contributed by atoms with E-state index in [1.54, 1.807) is 13.1 Å². The van der Waals surface area contributed by atoms with Crippen LogP contribution in [-0.2, 0) is 11.3 Å². The van der Waals surface area contributed by atoms with E-state index in [4.69, 9.17) is 0 Å². The minimum Gasteiger partial charge on any atom is -0.300 e. The molecule has 0 saturated carbocycles. The number of carbonyl (C=O) groups excluding carboxylic acids is 1. The molecule has 0 amide bonds. The first kappa shape index (κ1) is 20.5. The number of hydrogen-bond donors (Lipinski definition) is 1. The lowest BCUT2D eigenvalue weighted by molar-refractivity contribution is -0.119. The Morgan fingerprint density at radius 1 is 0.897 bits per heavy atom. The zero-order valence-electron chi connectivity index (χ0n) is 16.6. The molecule has 0 fully saturated rings. The zero-order valence-corrected chi connectivity index (χ0v) is 16.6. The summed E-state index contributed by atoms with van der Waals surface area (Å²) in [7, 11) is 0. The fourth-order valence-corrected chi connectivity index (χ4v) is 3.54. The van der Waals surface area contributed by atoms with Crippen LogP contribution in [0.3, 0.4) is 0 Å². The summed E-state index contributed by atoms with van der Waals surface area (Å²) in [6.45, 7) is 2.21. The van der Waals surface area contributed by atoms with Crippen molar-refractivity contribution >= 4 is 5.78 Å². The van der Waals surface area contributed by atoms with E-state index in [-0.39, 0.29) is 23.0 Å². The summed E-state index contributed by atoms with van der Waals surface area (Å²) < 4.78 is 1.52. The Balaban J connectivity index is 1.58. The molecule has 0 unspecified atom stereocenters. The van der Waals surface area contributed by atoms with Crippen molar-refractivity contribution < 1.29 is 4.79 Å². The lowest BCUT2D eigenvalue weighted by Gasteiger charge is -2.17. The first-order chi connectivity index (χ1) is 14.1. The number of rotatable bonds is 9. The van der Waals surface area contributed by atoms with Gasteiger partial charge in [0.15, 0.2) is 0 Å². The number of nitrogens with zero attached hydrogens (tertiary/aromatic N) is 1. The molecule has 3 rings (SSSR count). The van der Waals surface area contributed by atoms with Crippen molar-refractivity contribution in [3.8, 4) is 0 Å². The van der Waals surface area contributed by atoms with Crippen LogP contribution in [0.15, 0.2) is 76.4 Å². The molecule has 0 spiro atoms. The van der Waals surface area contributed by atoms with Gasteiger partial charge in [-0.15, -0.1) is 0 Å². The van der Waals surface area contributed by atoms with E-state index in [2.05, 4.69) is 4.98 Å². The van der Waals surface area contributed by atoms with Gasteiger partial charge in [0, 0.05) is 24.7 Å². The van der Waals surface area contributed by atoms with Gasteiger partial charge in [-0.3, -0.25) is 14.6 Å². The highest BCUT2D eigenvalue weighted by Gasteiger charge is 2.21. The molecule has 3 aromatic rings. The summed E-state index contributed by atoms with van der Waals surface area (Å²) in [4.78, 5) is 38.6. The molecule has 0 bridgehead atoms. The van der Waals surface area contributed by atoms with Gasteiger partial charge in [0.05, 0.1) is 5.92 Å². The van der Waals surface area contributed by atoms with E-state index in [9.17, 15) is 14.4 Å². The Morgan fingerprint density at radius 3 is 2.07 bits per heavy atom. The molecule has 0 radical (unpaired) electrons. The molecule has 0 aliphatic rings. The average molecular weight is 390 g/mol. The summed E-state index contributed by atoms with van der Waals surface area (Å²) in [5.74, 6) is -0.0404. The van der Waals surface area contributed by atoms with Gasteiger partial charge in [-0.25, -0.2) is 4.79 Å². The van der Waals surface area contributed by atoms with Gasteiger partial charge in [0.2, 0.25) is 0 Å². The van der Waals surface area contributed by atoms with Crippen molar-refractivity contribution in [2.75, 3.05) is 0 Å². The SMILES string of the molecule is Cc1cn(CCCCCC(=O)C(c2ccccc2)c2ccccc2)c(=O)[nH]c1=O. The fourth-order valence-electron chi connectivity index (χ4n) is 3.54. The molecule has 5 heteroatoms. The smallest absolute Gasteiger partial charge is 0.300 e. The van der Waals surface area contributed by atoms with Crippen LogP contribution < -0.4 is 11.2 Å². The van der Waals surface area contributed by atoms with E-state index in [1.807, 2.05) is 60.7 Å². The summed E-state index contributed by atoms with van der Waals surface area (Å²) >= 11 is 0. The maximum absolute atomic E-state index is 13.0. The predicted molar refractivity (Wildman–Crippen MR) is 114 cm³/mol. The van der Waals surface area contributed by atoms with Crippen LogP contribution in [0.4, 0.5) is 0 Å². The van der Waals surface area contributed by atoms with Gasteiger partial charge >= 0.3 is 5.69 Å². The lowest BCUT2D eigenvalue weighted by Crippen LogP contribution is -2.30. The maximum atomic E-state index is 13.0. The number of aryl methyl sites for hydroxylation is 2. The Labute approximate surface area is 170 Å². The number of aromatic amines is 1. The monoisotopic (exact) mass is 390 g/mol. The van der Waals surface area contributed by atoms with Gasteiger partial charge in [-0.2, -0.15) is 0 Å². The quantitative estimate of drug-likeness (QED) is 0.565. The third-order valence-corrected chi connectivity index (χ3v) is 5.10. The summed E-state index contributed by atoms with van der Waals surface area (Å²) in [5.41, 5.74) is 1.82. The highest BCUT2D eigenvalue weighted by atomic mass is 16.2. The van der Waals surface area contributed by atoms with Crippen molar-refractivity contribution in [1.82, 2.24) is 9.55 Å². The number of ketones is 1. The van der Waals surface area contributed by atoms with Gasteiger partial charge in [0.25, 0.3) is 5.56 Å². The number of unbranched alkanes of at least 4 members (excludes halogenated alkanes) is 2. The maximum Gasteiger partial charge on any atom is 0.328 e. The van der Waals surface area contributed by atoms with E-state index >= 15 is 0 Å². The molecular weight excluding hydrogens is 364 g/mol. The normalized spacial score (nSPS) is 11.0. The van der Waals surface area contributed by atoms with E-state index in [1.165, 1.54) is 4.57 Å². The number of Topliss-reactive ketones (excluding diaryl/α,β-unsaturated/α-hetero) is 1. The first-order valence-corrected chi connectivity index (χ1v) is 9.99. The molecule has 0 aliphatic heterocycles. The summed E-state index contributed by atoms with van der Waals surface area (Å²) in [6.07, 6.45) is 4.47. The van der Waals surface area contributed by atoms with Crippen LogP contribution in [0.25, 0.3) is 0 Å². The van der Waals surface area contributed by atoms with E-state index < -0.39 is 0 Å². The second-order valence-electron chi connectivity index (χ2n) is 7.30. The number of carbonyl (C=O) groups is 1. The number of nitrogens with one attached hydrogen (secondary N) is 1. The van der Waals surface area contributed by atoms with Crippen LogP contribution in [0.1, 0.15) is 48.3 Å². The van der Waals surface area contributed by atoms with Crippen LogP contribution in [0, 0.1) is 6.92 Å². The molecule has 0 saturated heterocycles. The van der Waals surface area contributed by atoms with Crippen molar-refractivity contribution in [3.05, 3.63) is 104 Å². The number of benzene rings is 2. The molecule has 29 heavy (non-hydrogen) atoms. The largest absolute Gasteiger partial charge is 0.328 e. The first-order valence-electron chi connectivity index (χ1n) is 9.99. The fraction of sp³-hybridized carbons (Fsp3) is 0.292. The standard InChI is InChI=1S/C24H26N2O3/c1-18-17-26(24(29)25-23(18)28)16-10-4-9-15-21(27)22(19-11-5-2-6-12-19)20-13-7-3-8-14-20/h2-3,5-8,11-14,17,22H,4,9-10,15-16H2,1H3,(H,25,28,29). The van der Waals surface area contributed by atoms with Gasteiger partial charge in [-0.05, 0) is 30.9 Å². The van der Waals surface area contributed by atoms with Crippen molar-refractivity contribution in [1.29, 1.82) is 0 Å². The van der Waals surface area contributed by atoms with E-state index in [0.717, 1.165) is 30.4 Å². The van der Waals surface area contributed by atoms with Gasteiger partial charge < -0.3 is 4.57 Å². The molecule has 150 valence electrons. The zero-order chi connectivity index (χ0) is 20.6. The van der Waals surface area contributed by atoms with Crippen molar-refractivity contribution in [3.63, 3.8) is 0 Å². The van der Waals surface area contributed by atoms with Crippen molar-refractivity contribution in [2.45, 2.75) is 45.1 Å². The lowest BCUT2D eigenvalue weighted by atomic mass is 9.86. The Hall–Kier alpha value is -3.21. The molecule has 1 heterocycles. The second kappa shape index (κ2) is 9.82. The van der Waals surface area contributed by atoms with Crippen LogP contribution in [0.5, 0.6) is 0 Å². The highest BCUT2D eigenvalue weighted by Crippen LogP contribution is 2.27. The third kappa shape index (κ3) is 5.41. The molecular formula is C24H26N2O3. The molecule has 2 aromatic carbocycles. The number of hydrogen-bond acceptors (Lipinski definition) is 3. The third-order valence-electron chi connectivity index (χ3n) is 5.10. The van der Waals surface area contributed by atoms with E-state index in [0.29, 0.717) is 18.5 Å². The molecule has 1 N–H and O–H groups in total. The molecule has 1 aromatic heterocycles. The summed E-state index contributed by atoms with van der Waals surface area (Å²) in [5, 5.41) is 0. The Bertz CT molecular complexity index is 1010. The Morgan fingerprint density at radius 2 is 1.48 bits per heavy atom. The van der Waals surface area contributed by atoms with Gasteiger partial charge in [-0.1, -0.05) is 67.1 Å². The highest BCUT2D eigenvalue weighted by molar-refractivity contribution is 5.89. The Kier molecular flexibility index (Phi) is 6.95. The van der Waals surface area contributed by atoms with Crippen molar-refractivity contribution in [2.24, 2.45) is 0 Å². The minimum absolute atomic E-state index is 0.208. The summed E-state index contributed by atoms with van der Waals surface area (Å²) in [6, 6.07) is 19.8. The molecule has 0 aliphatic carbocycles. The number of aromatic nitrogens is 2. The average Bonchev–Trinajstić information content (AvgIpc) is 2.73. The number of H-pyrrole nitrogens is 1. The second-order valence-corrected chi connectivity index (χ2v) is 7.30. The van der Waals surface area contributed by atoms with Crippen LogP contribution >= 0.6 is 0 Å². The van der Waals surface area contributed by atoms with Gasteiger partial charge in [0.1, 0.15) is 5.78 Å². The van der Waals surface area contributed by atoms with Crippen LogP contribution in [0.2, 0.25) is 0 Å². The predicted octanol–water partition coefficient (Wildman–Crippen LogP) is 3.81. The topological polar surface area (TPSA) is 71.9 Å². The van der Waals surface area contributed by atoms with Crippen LogP contribution in [-0.4, -0.2) is 15.3 Å². The minimum atomic E-state index is -0.384. The molecule has 0 atom stereocenters.